The van der Waals surface area contributed by atoms with Gasteiger partial charge in [-0.15, -0.1) is 0 Å². The van der Waals surface area contributed by atoms with Crippen LogP contribution in [0, 0.1) is 27.7 Å². The molecule has 1 N–H and O–H groups in total. The summed E-state index contributed by atoms with van der Waals surface area (Å²) in [5.41, 5.74) is 4.02. The first-order valence-corrected chi connectivity index (χ1v) is 11.3. The van der Waals surface area contributed by atoms with E-state index in [4.69, 9.17) is 4.74 Å². The summed E-state index contributed by atoms with van der Waals surface area (Å²) >= 11 is 0. The number of carbonyl (C=O) groups is 1. The summed E-state index contributed by atoms with van der Waals surface area (Å²) in [6, 6.07) is 14.6. The van der Waals surface area contributed by atoms with E-state index in [0.717, 1.165) is 27.5 Å². The zero-order valence-corrected chi connectivity index (χ0v) is 18.8. The van der Waals surface area contributed by atoms with Crippen LogP contribution in [0.5, 0.6) is 0 Å². The molecular weight excluding hydrogens is 398 g/mol. The first-order valence-electron chi connectivity index (χ1n) is 9.85. The Morgan fingerprint density at radius 2 is 1.57 bits per heavy atom. The van der Waals surface area contributed by atoms with Crippen LogP contribution in [0.4, 0.5) is 0 Å². The normalized spacial score (nSPS) is 12.7. The molecular formula is C24H27NO4S. The molecule has 0 aromatic heterocycles. The lowest BCUT2D eigenvalue weighted by molar-refractivity contribution is -0.146. The maximum absolute atomic E-state index is 13.0. The van der Waals surface area contributed by atoms with E-state index in [0.29, 0.717) is 11.1 Å². The fraction of sp³-hybridized carbons (Fsp3) is 0.292. The monoisotopic (exact) mass is 425 g/mol. The summed E-state index contributed by atoms with van der Waals surface area (Å²) in [6.07, 6.45) is 0. The molecule has 0 saturated heterocycles. The highest BCUT2D eigenvalue weighted by molar-refractivity contribution is 7.89. The molecule has 0 fully saturated rings. The molecule has 5 nitrogen and oxygen atoms in total. The maximum Gasteiger partial charge on any atom is 0.324 e. The van der Waals surface area contributed by atoms with Gasteiger partial charge in [-0.05, 0) is 73.2 Å². The van der Waals surface area contributed by atoms with Crippen molar-refractivity contribution >= 4 is 26.8 Å². The number of sulfonamides is 1. The molecule has 0 saturated carbocycles. The zero-order chi connectivity index (χ0) is 22.1. The standard InChI is InChI=1S/C24H27NO4S/c1-15-13-16(2)18(4)23(17(15)3)30(27,28)25-19(5)24(26)29-14-21-11-8-10-20-9-6-7-12-22(20)21/h6-13,19,25H,14H2,1-5H3/t19-/m0/s1. The first-order chi connectivity index (χ1) is 14.1. The van der Waals surface area contributed by atoms with Gasteiger partial charge in [-0.1, -0.05) is 48.5 Å². The van der Waals surface area contributed by atoms with Crippen LogP contribution in [0.1, 0.15) is 34.7 Å². The van der Waals surface area contributed by atoms with E-state index in [1.54, 1.807) is 13.8 Å². The molecule has 0 spiro atoms. The Labute approximate surface area is 178 Å². The minimum absolute atomic E-state index is 0.0772. The van der Waals surface area contributed by atoms with E-state index in [2.05, 4.69) is 4.72 Å². The van der Waals surface area contributed by atoms with Gasteiger partial charge < -0.3 is 4.74 Å². The van der Waals surface area contributed by atoms with Crippen LogP contribution in [-0.4, -0.2) is 20.4 Å². The molecule has 0 heterocycles. The van der Waals surface area contributed by atoms with Crippen molar-refractivity contribution in [1.82, 2.24) is 4.72 Å². The second kappa shape index (κ2) is 8.58. The van der Waals surface area contributed by atoms with Gasteiger partial charge in [-0.3, -0.25) is 4.79 Å². The highest BCUT2D eigenvalue weighted by Gasteiger charge is 2.27. The molecule has 3 aromatic carbocycles. The van der Waals surface area contributed by atoms with Crippen molar-refractivity contribution in [3.05, 3.63) is 76.3 Å². The van der Waals surface area contributed by atoms with Crippen molar-refractivity contribution in [3.63, 3.8) is 0 Å². The molecule has 0 amide bonds. The van der Waals surface area contributed by atoms with Crippen LogP contribution in [0.25, 0.3) is 10.8 Å². The highest BCUT2D eigenvalue weighted by atomic mass is 32.2. The number of fused-ring (bicyclic) bond motifs is 1. The number of hydrogen-bond acceptors (Lipinski definition) is 4. The molecule has 1 atom stereocenters. The van der Waals surface area contributed by atoms with Crippen LogP contribution in [0.2, 0.25) is 0 Å². The minimum atomic E-state index is -3.88. The van der Waals surface area contributed by atoms with E-state index in [9.17, 15) is 13.2 Å². The second-order valence-corrected chi connectivity index (χ2v) is 9.33. The lowest BCUT2D eigenvalue weighted by Crippen LogP contribution is -2.40. The summed E-state index contributed by atoms with van der Waals surface area (Å²) in [5, 5.41) is 2.06. The van der Waals surface area contributed by atoms with Crippen molar-refractivity contribution < 1.29 is 17.9 Å². The summed E-state index contributed by atoms with van der Waals surface area (Å²) in [4.78, 5) is 12.7. The van der Waals surface area contributed by atoms with Crippen molar-refractivity contribution in [2.45, 2.75) is 52.2 Å². The number of rotatable bonds is 6. The average molecular weight is 426 g/mol. The quantitative estimate of drug-likeness (QED) is 0.591. The second-order valence-electron chi connectivity index (χ2n) is 7.68. The number of esters is 1. The van der Waals surface area contributed by atoms with Gasteiger partial charge in [-0.2, -0.15) is 4.72 Å². The molecule has 30 heavy (non-hydrogen) atoms. The van der Waals surface area contributed by atoms with Crippen molar-refractivity contribution in [2.24, 2.45) is 0 Å². The SMILES string of the molecule is Cc1cc(C)c(C)c(S(=O)(=O)N[C@@H](C)C(=O)OCc2cccc3ccccc23)c1C. The summed E-state index contributed by atoms with van der Waals surface area (Å²) in [7, 11) is -3.88. The van der Waals surface area contributed by atoms with Gasteiger partial charge in [0.05, 0.1) is 4.90 Å². The third-order valence-corrected chi connectivity index (χ3v) is 7.31. The van der Waals surface area contributed by atoms with Crippen LogP contribution >= 0.6 is 0 Å². The summed E-state index contributed by atoms with van der Waals surface area (Å²) < 4.78 is 33.9. The largest absolute Gasteiger partial charge is 0.460 e. The molecule has 0 unspecified atom stereocenters. The number of carbonyl (C=O) groups excluding carboxylic acids is 1. The molecule has 3 rings (SSSR count). The van der Waals surface area contributed by atoms with E-state index in [1.165, 1.54) is 6.92 Å². The van der Waals surface area contributed by atoms with E-state index in [-0.39, 0.29) is 11.5 Å². The Bertz CT molecular complexity index is 1180. The molecule has 0 bridgehead atoms. The molecule has 6 heteroatoms. The van der Waals surface area contributed by atoms with Crippen molar-refractivity contribution in [1.29, 1.82) is 0 Å². The Hall–Kier alpha value is -2.70. The number of benzene rings is 3. The zero-order valence-electron chi connectivity index (χ0n) is 17.9. The Balaban J connectivity index is 1.76. The molecule has 0 aliphatic rings. The van der Waals surface area contributed by atoms with Gasteiger partial charge in [0, 0.05) is 0 Å². The molecule has 0 aliphatic carbocycles. The van der Waals surface area contributed by atoms with Crippen LogP contribution in [0.15, 0.2) is 53.4 Å². The Morgan fingerprint density at radius 3 is 2.23 bits per heavy atom. The number of aryl methyl sites for hydroxylation is 2. The van der Waals surface area contributed by atoms with Crippen LogP contribution in [0.3, 0.4) is 0 Å². The fourth-order valence-electron chi connectivity index (χ4n) is 3.62. The predicted molar refractivity (Wildman–Crippen MR) is 119 cm³/mol. The van der Waals surface area contributed by atoms with Crippen molar-refractivity contribution in [3.8, 4) is 0 Å². The number of ether oxygens (including phenoxy) is 1. The summed E-state index contributed by atoms with van der Waals surface area (Å²) in [5.74, 6) is -0.619. The third kappa shape index (κ3) is 4.40. The van der Waals surface area contributed by atoms with Gasteiger partial charge in [-0.25, -0.2) is 8.42 Å². The molecule has 158 valence electrons. The first kappa shape index (κ1) is 22.0. The summed E-state index contributed by atoms with van der Waals surface area (Å²) in [6.45, 7) is 8.88. The van der Waals surface area contributed by atoms with Gasteiger partial charge >= 0.3 is 5.97 Å². The predicted octanol–water partition coefficient (Wildman–Crippen LogP) is 4.48. The van der Waals surface area contributed by atoms with Gasteiger partial charge in [0.25, 0.3) is 0 Å². The molecule has 0 radical (unpaired) electrons. The topological polar surface area (TPSA) is 72.5 Å². The fourth-order valence-corrected chi connectivity index (χ4v) is 5.42. The van der Waals surface area contributed by atoms with Crippen molar-refractivity contribution in [2.75, 3.05) is 0 Å². The van der Waals surface area contributed by atoms with Crippen LogP contribution < -0.4 is 4.72 Å². The van der Waals surface area contributed by atoms with E-state index in [1.807, 2.05) is 62.4 Å². The van der Waals surface area contributed by atoms with Gasteiger partial charge in [0.2, 0.25) is 10.0 Å². The average Bonchev–Trinajstić information content (AvgIpc) is 2.70. The lowest BCUT2D eigenvalue weighted by Gasteiger charge is -2.19. The minimum Gasteiger partial charge on any atom is -0.460 e. The third-order valence-electron chi connectivity index (χ3n) is 5.50. The van der Waals surface area contributed by atoms with Crippen LogP contribution in [-0.2, 0) is 26.2 Å². The smallest absolute Gasteiger partial charge is 0.324 e. The van der Waals surface area contributed by atoms with Gasteiger partial charge in [0.1, 0.15) is 12.6 Å². The lowest BCUT2D eigenvalue weighted by atomic mass is 10.0. The highest BCUT2D eigenvalue weighted by Crippen LogP contribution is 2.26. The van der Waals surface area contributed by atoms with E-state index >= 15 is 0 Å². The number of nitrogens with one attached hydrogen (secondary N) is 1. The molecule has 3 aromatic rings. The maximum atomic E-state index is 13.0. The molecule has 0 aliphatic heterocycles. The number of hydrogen-bond donors (Lipinski definition) is 1. The van der Waals surface area contributed by atoms with E-state index < -0.39 is 22.0 Å². The Kier molecular flexibility index (Phi) is 6.29. The Morgan fingerprint density at radius 1 is 0.967 bits per heavy atom. The van der Waals surface area contributed by atoms with Gasteiger partial charge in [0.15, 0.2) is 0 Å².